The minimum atomic E-state index is -1.52. The van der Waals surface area contributed by atoms with Crippen LogP contribution in [-0.2, 0) is 95.3 Å². The van der Waals surface area contributed by atoms with Gasteiger partial charge < -0.3 is 57.2 Å². The average Bonchev–Trinajstić information content (AvgIpc) is 0.764. The van der Waals surface area contributed by atoms with Crippen LogP contribution >= 0.6 is 0 Å². The molecular weight excluding hydrogens is 1190 g/mol. The van der Waals surface area contributed by atoms with Crippen LogP contribution in [0, 0.1) is 57.2 Å². The first kappa shape index (κ1) is 75.8. The molecule has 0 spiro atoms. The van der Waals surface area contributed by atoms with Gasteiger partial charge in [-0.3, -0.25) is 47.9 Å². The Morgan fingerprint density at radius 3 is 0.815 bits per heavy atom. The molecule has 2 aromatic rings. The summed E-state index contributed by atoms with van der Waals surface area (Å²) in [4.78, 5) is 142. The van der Waals surface area contributed by atoms with Gasteiger partial charge in [-0.25, -0.2) is 0 Å². The number of esters is 8. The summed E-state index contributed by atoms with van der Waals surface area (Å²) >= 11 is 0. The maximum atomic E-state index is 14.5. The first-order chi connectivity index (χ1) is 41.6. The number of anilines is 2. The molecule has 5 rings (SSSR count). The van der Waals surface area contributed by atoms with Crippen LogP contribution in [0.2, 0.25) is 0 Å². The van der Waals surface area contributed by atoms with E-state index in [1.807, 2.05) is 0 Å². The van der Waals surface area contributed by atoms with Crippen LogP contribution in [0.15, 0.2) is 36.4 Å². The molecule has 3 heterocycles. The lowest BCUT2D eigenvalue weighted by atomic mass is 9.87. The van der Waals surface area contributed by atoms with Crippen LogP contribution in [-0.4, -0.2) is 135 Å². The van der Waals surface area contributed by atoms with Crippen LogP contribution in [0.4, 0.5) is 11.4 Å². The number of rotatable bonds is 14. The monoisotopic (exact) mass is 1290 g/mol. The highest BCUT2D eigenvalue weighted by atomic mass is 16.7. The number of aryl methyl sites for hydroxylation is 2. The van der Waals surface area contributed by atoms with Crippen LogP contribution in [0.5, 0.6) is 0 Å². The van der Waals surface area contributed by atoms with E-state index < -0.39 is 190 Å². The van der Waals surface area contributed by atoms with Crippen molar-refractivity contribution in [2.45, 2.75) is 241 Å². The highest BCUT2D eigenvalue weighted by Crippen LogP contribution is 2.45. The lowest BCUT2D eigenvalue weighted by Crippen LogP contribution is -2.61. The highest BCUT2D eigenvalue weighted by Gasteiger charge is 2.57. The van der Waals surface area contributed by atoms with Gasteiger partial charge in [0, 0.05) is 11.4 Å². The largest absolute Gasteiger partial charge is 0.462 e. The summed E-state index contributed by atoms with van der Waals surface area (Å²) < 4.78 is 62.7. The zero-order valence-corrected chi connectivity index (χ0v) is 59.1. The second kappa shape index (κ2) is 27.6. The average molecular weight is 1290 g/mol. The summed E-state index contributed by atoms with van der Waals surface area (Å²) in [7, 11) is 0. The Balaban J connectivity index is 1.58. The number of nitrogens with zero attached hydrogens (tertiary/aromatic N) is 2. The molecule has 0 aromatic heterocycles. The Morgan fingerprint density at radius 1 is 0.359 bits per heavy atom. The number of hydrogen-bond acceptors (Lipinski definition) is 20. The highest BCUT2D eigenvalue weighted by molar-refractivity contribution is 6.12. The fourth-order valence-corrected chi connectivity index (χ4v) is 9.34. The van der Waals surface area contributed by atoms with Gasteiger partial charge in [-0.1, -0.05) is 12.1 Å². The number of ether oxygens (including phenoxy) is 10. The van der Waals surface area contributed by atoms with E-state index in [0.717, 1.165) is 0 Å². The fourth-order valence-electron chi connectivity index (χ4n) is 9.34. The van der Waals surface area contributed by atoms with Gasteiger partial charge >= 0.3 is 47.8 Å². The van der Waals surface area contributed by atoms with Gasteiger partial charge in [0.2, 0.25) is 11.8 Å². The SMILES string of the molecule is Cc1cc(N2CC(=O)N(c3ccc([C@H]4O[C@H](COC(=O)C(C)(C)C)[C@@H](OC(=O)C(C)(C)C)[C@H](OC(=O)C(C)(C)C)[C@@H]4OC(=O)C(C)(C)C)c(C)c3)CC2=O)ccc1[C@H]1O[C@H](COC(=O)C(C)(C)C)[C@@H](OC(=O)C(C)(C)C)[C@H](OC(=O)C(C)(C)C)[C@@H]1OC(=O)C(C)(C)C. The smallest absolute Gasteiger partial charge is 0.311 e. The van der Waals surface area contributed by atoms with Gasteiger partial charge in [0.1, 0.15) is 50.7 Å². The minimum absolute atomic E-state index is 0.319. The van der Waals surface area contributed by atoms with Gasteiger partial charge in [-0.05, 0) is 227 Å². The van der Waals surface area contributed by atoms with Crippen molar-refractivity contribution in [1.29, 1.82) is 0 Å². The third-order valence-corrected chi connectivity index (χ3v) is 15.3. The van der Waals surface area contributed by atoms with Crippen molar-refractivity contribution in [2.75, 3.05) is 36.1 Å². The van der Waals surface area contributed by atoms with Crippen molar-refractivity contribution in [3.63, 3.8) is 0 Å². The van der Waals surface area contributed by atoms with Gasteiger partial charge in [-0.15, -0.1) is 0 Å². The zero-order chi connectivity index (χ0) is 70.3. The molecule has 22 heteroatoms. The number of benzene rings is 2. The maximum Gasteiger partial charge on any atom is 0.311 e. The van der Waals surface area contributed by atoms with Crippen molar-refractivity contribution >= 4 is 70.9 Å². The Bertz CT molecular complexity index is 2920. The van der Waals surface area contributed by atoms with Crippen molar-refractivity contribution in [3.05, 3.63) is 58.7 Å². The number of piperazine rings is 1. The molecule has 0 saturated carbocycles. The molecule has 3 fully saturated rings. The van der Waals surface area contributed by atoms with E-state index >= 15 is 0 Å². The molecular formula is C70H102N2O20. The molecule has 0 N–H and O–H groups in total. The molecule has 3 aliphatic heterocycles. The molecule has 2 aromatic carbocycles. The van der Waals surface area contributed by atoms with Crippen molar-refractivity contribution in [3.8, 4) is 0 Å². The van der Waals surface area contributed by atoms with Gasteiger partial charge in [0.25, 0.3) is 0 Å². The van der Waals surface area contributed by atoms with Crippen LogP contribution < -0.4 is 9.80 Å². The molecule has 2 amide bonds. The Hall–Kier alpha value is -6.94. The molecule has 0 aliphatic carbocycles. The van der Waals surface area contributed by atoms with Crippen LogP contribution in [0.25, 0.3) is 0 Å². The molecule has 10 atom stereocenters. The van der Waals surface area contributed by atoms with Crippen LogP contribution in [0.3, 0.4) is 0 Å². The number of carbonyl (C=O) groups excluding carboxylic acids is 10. The fraction of sp³-hybridized carbons (Fsp3) is 0.686. The second-order valence-corrected chi connectivity index (χ2v) is 32.6. The van der Waals surface area contributed by atoms with Crippen molar-refractivity contribution in [1.82, 2.24) is 0 Å². The van der Waals surface area contributed by atoms with E-state index in [1.165, 1.54) is 9.80 Å². The zero-order valence-electron chi connectivity index (χ0n) is 59.1. The lowest BCUT2D eigenvalue weighted by molar-refractivity contribution is -0.262. The number of amides is 2. The van der Waals surface area contributed by atoms with E-state index in [1.54, 1.807) is 216 Å². The molecule has 22 nitrogen and oxygen atoms in total. The molecule has 0 radical (unpaired) electrons. The summed E-state index contributed by atoms with van der Waals surface area (Å²) in [5.74, 6) is -6.40. The standard InChI is InChI=1S/C70H102N2O20/c1-37-31-39(27-29-41(37)47-51(89-59(79)67(15,16)17)53(91-61(81)69(21,22)23)49(87-57(77)65(9,10)11)43(85-47)35-83-55(75)63(3,4)5)71-33-46(74)72(34-45(71)73)40-28-30-42(38(2)32-40)48-52(90-60(80)68(18,19)20)54(92-62(82)70(24,25)26)50(88-58(78)66(12,13)14)44(86-48)36-84-56(76)64(6,7)8/h27-32,43-44,47-54H,33-36H2,1-26H3/t43-,44-,47-,48-,49-,50-,51-,52-,53+,54+/m1/s1. The molecule has 92 heavy (non-hydrogen) atoms. The van der Waals surface area contributed by atoms with Crippen molar-refractivity contribution < 1.29 is 95.3 Å². The Kier molecular flexibility index (Phi) is 22.7. The van der Waals surface area contributed by atoms with Crippen molar-refractivity contribution in [2.24, 2.45) is 43.3 Å². The second-order valence-electron chi connectivity index (χ2n) is 32.6. The summed E-state index contributed by atoms with van der Waals surface area (Å²) in [5.41, 5.74) is -6.08. The summed E-state index contributed by atoms with van der Waals surface area (Å²) in [6.45, 7) is 41.1. The maximum absolute atomic E-state index is 14.5. The van der Waals surface area contributed by atoms with Gasteiger partial charge in [0.05, 0.1) is 43.3 Å². The van der Waals surface area contributed by atoms with E-state index in [4.69, 9.17) is 47.4 Å². The quantitative estimate of drug-likeness (QED) is 0.126. The first-order valence-corrected chi connectivity index (χ1v) is 31.4. The molecule has 3 saturated heterocycles. The molecule has 0 bridgehead atoms. The minimum Gasteiger partial charge on any atom is -0.462 e. The third-order valence-electron chi connectivity index (χ3n) is 15.3. The number of hydrogen-bond donors (Lipinski definition) is 0. The summed E-state index contributed by atoms with van der Waals surface area (Å²) in [5, 5.41) is 0. The van der Waals surface area contributed by atoms with E-state index in [9.17, 15) is 47.9 Å². The van der Waals surface area contributed by atoms with E-state index in [2.05, 4.69) is 0 Å². The molecule has 512 valence electrons. The van der Waals surface area contributed by atoms with Gasteiger partial charge in [-0.2, -0.15) is 0 Å². The molecule has 3 aliphatic rings. The lowest BCUT2D eigenvalue weighted by Gasteiger charge is -2.46. The van der Waals surface area contributed by atoms with Crippen LogP contribution in [0.1, 0.15) is 201 Å². The third kappa shape index (κ3) is 18.7. The normalized spacial score (nSPS) is 23.8. The summed E-state index contributed by atoms with van der Waals surface area (Å²) in [6.07, 6.45) is -14.0. The van der Waals surface area contributed by atoms with Gasteiger partial charge in [0.15, 0.2) is 36.6 Å². The van der Waals surface area contributed by atoms with E-state index in [-0.39, 0.29) is 0 Å². The topological polar surface area (TPSA) is 269 Å². The Labute approximate surface area is 543 Å². The van der Waals surface area contributed by atoms with E-state index in [0.29, 0.717) is 33.6 Å². The molecule has 0 unspecified atom stereocenters. The number of carbonyl (C=O) groups is 10. The Morgan fingerprint density at radius 2 is 0.587 bits per heavy atom. The predicted molar refractivity (Wildman–Crippen MR) is 339 cm³/mol. The summed E-state index contributed by atoms with van der Waals surface area (Å²) in [6, 6.07) is 9.76. The first-order valence-electron chi connectivity index (χ1n) is 31.4. The predicted octanol–water partition coefficient (Wildman–Crippen LogP) is 10.5.